The van der Waals surface area contributed by atoms with Gasteiger partial charge in [0.2, 0.25) is 0 Å². The number of para-hydroxylation sites is 1. The van der Waals surface area contributed by atoms with Gasteiger partial charge in [0.15, 0.2) is 5.15 Å². The van der Waals surface area contributed by atoms with Crippen molar-refractivity contribution in [3.63, 3.8) is 0 Å². The predicted octanol–water partition coefficient (Wildman–Crippen LogP) is 5.11. The lowest BCUT2D eigenvalue weighted by Gasteiger charge is -2.10. The fourth-order valence-corrected chi connectivity index (χ4v) is 3.98. The van der Waals surface area contributed by atoms with E-state index in [2.05, 4.69) is 14.7 Å². The van der Waals surface area contributed by atoms with Crippen molar-refractivity contribution in [1.82, 2.24) is 9.97 Å². The summed E-state index contributed by atoms with van der Waals surface area (Å²) in [6.07, 6.45) is 1.60. The molecule has 27 heavy (non-hydrogen) atoms. The van der Waals surface area contributed by atoms with Crippen molar-refractivity contribution in [3.05, 3.63) is 78.1 Å². The first-order chi connectivity index (χ1) is 12.5. The zero-order valence-corrected chi connectivity index (χ0v) is 16.3. The van der Waals surface area contributed by atoms with Crippen LogP contribution in [0.15, 0.2) is 77.8 Å². The van der Waals surface area contributed by atoms with Gasteiger partial charge in [-0.1, -0.05) is 48.0 Å². The maximum absolute atomic E-state index is 12.5. The van der Waals surface area contributed by atoms with E-state index in [0.29, 0.717) is 0 Å². The number of sulfonamides is 1. The predicted molar refractivity (Wildman–Crippen MR) is 111 cm³/mol. The van der Waals surface area contributed by atoms with Crippen molar-refractivity contribution >= 4 is 50.6 Å². The Morgan fingerprint density at radius 3 is 2.41 bits per heavy atom. The summed E-state index contributed by atoms with van der Waals surface area (Å²) in [6.45, 7) is 0. The molecule has 8 heteroatoms. The highest BCUT2D eigenvalue weighted by Gasteiger charge is 2.17. The van der Waals surface area contributed by atoms with Crippen LogP contribution in [0.2, 0.25) is 5.15 Å². The molecule has 2 heterocycles. The molecule has 0 saturated heterocycles. The van der Waals surface area contributed by atoms with Gasteiger partial charge in [-0.15, -0.1) is 12.4 Å². The zero-order chi connectivity index (χ0) is 18.1. The average molecular weight is 420 g/mol. The molecule has 2 N–H and O–H groups in total. The van der Waals surface area contributed by atoms with Gasteiger partial charge in [0, 0.05) is 28.4 Å². The van der Waals surface area contributed by atoms with Crippen LogP contribution in [0.3, 0.4) is 0 Å². The number of benzene rings is 2. The summed E-state index contributed by atoms with van der Waals surface area (Å²) in [7, 11) is -3.74. The Labute approximate surface area is 167 Å². The number of hydrogen-bond donors (Lipinski definition) is 2. The van der Waals surface area contributed by atoms with Crippen molar-refractivity contribution in [1.29, 1.82) is 0 Å². The van der Waals surface area contributed by atoms with Crippen molar-refractivity contribution in [2.24, 2.45) is 0 Å². The van der Waals surface area contributed by atoms with Crippen LogP contribution in [0.25, 0.3) is 22.2 Å². The lowest BCUT2D eigenvalue weighted by molar-refractivity contribution is 0.601. The highest BCUT2D eigenvalue weighted by atomic mass is 35.5. The highest BCUT2D eigenvalue weighted by molar-refractivity contribution is 7.92. The number of fused-ring (bicyclic) bond motifs is 1. The van der Waals surface area contributed by atoms with Crippen LogP contribution >= 0.6 is 24.0 Å². The Morgan fingerprint density at radius 2 is 1.67 bits per heavy atom. The Balaban J connectivity index is 0.00000210. The summed E-state index contributed by atoms with van der Waals surface area (Å²) in [5.41, 5.74) is 2.78. The number of aromatic nitrogens is 2. The van der Waals surface area contributed by atoms with Gasteiger partial charge in [0.1, 0.15) is 0 Å². The molecular formula is C19H15Cl2N3O2S. The third-order valence-corrected chi connectivity index (χ3v) is 5.66. The number of nitrogens with one attached hydrogen (secondary N) is 2. The van der Waals surface area contributed by atoms with Crippen molar-refractivity contribution < 1.29 is 8.42 Å². The first-order valence-corrected chi connectivity index (χ1v) is 9.70. The number of hydrogen-bond acceptors (Lipinski definition) is 3. The van der Waals surface area contributed by atoms with Crippen molar-refractivity contribution in [2.45, 2.75) is 4.90 Å². The minimum atomic E-state index is -3.74. The maximum Gasteiger partial charge on any atom is 0.261 e. The Bertz CT molecular complexity index is 1160. The number of anilines is 1. The van der Waals surface area contributed by atoms with Crippen molar-refractivity contribution in [2.75, 3.05) is 4.72 Å². The first kappa shape index (κ1) is 19.2. The standard InChI is InChI=1S/C19H14ClN3O2S.ClH/c20-19-18(23-26(24,25)15-7-2-1-3-8-15)11-14(12-21-19)17-10-13-6-4-5-9-16(13)22-17;/h1-12,22-23H;1H. The maximum atomic E-state index is 12.5. The summed E-state index contributed by atoms with van der Waals surface area (Å²) in [5.74, 6) is 0. The third-order valence-electron chi connectivity index (χ3n) is 3.98. The molecule has 0 atom stereocenters. The van der Waals surface area contributed by atoms with Crippen LogP contribution in [0.1, 0.15) is 0 Å². The molecule has 138 valence electrons. The fourth-order valence-electron chi connectivity index (χ4n) is 2.70. The molecule has 0 bridgehead atoms. The topological polar surface area (TPSA) is 74.8 Å². The molecule has 0 fully saturated rings. The van der Waals surface area contributed by atoms with Gasteiger partial charge in [-0.05, 0) is 30.3 Å². The molecule has 0 saturated carbocycles. The van der Waals surface area contributed by atoms with E-state index in [9.17, 15) is 8.42 Å². The summed E-state index contributed by atoms with van der Waals surface area (Å²) < 4.78 is 27.6. The summed E-state index contributed by atoms with van der Waals surface area (Å²) in [6, 6.07) is 19.6. The molecule has 0 aliphatic carbocycles. The first-order valence-electron chi connectivity index (χ1n) is 7.84. The van der Waals surface area contributed by atoms with Crippen LogP contribution in [0.5, 0.6) is 0 Å². The van der Waals surface area contributed by atoms with Crippen LogP contribution in [0.4, 0.5) is 5.69 Å². The van der Waals surface area contributed by atoms with Gasteiger partial charge in [0.25, 0.3) is 10.0 Å². The fraction of sp³-hybridized carbons (Fsp3) is 0. The lowest BCUT2D eigenvalue weighted by atomic mass is 10.2. The molecule has 0 radical (unpaired) electrons. The van der Waals surface area contributed by atoms with Gasteiger partial charge in [-0.2, -0.15) is 0 Å². The quantitative estimate of drug-likeness (QED) is 0.451. The van der Waals surface area contributed by atoms with Crippen LogP contribution in [-0.4, -0.2) is 18.4 Å². The van der Waals surface area contributed by atoms with Gasteiger partial charge in [-0.3, -0.25) is 4.72 Å². The molecule has 0 aliphatic rings. The van der Waals surface area contributed by atoms with Crippen LogP contribution in [0, 0.1) is 0 Å². The zero-order valence-electron chi connectivity index (χ0n) is 13.9. The Morgan fingerprint density at radius 1 is 0.963 bits per heavy atom. The minimum absolute atomic E-state index is 0. The lowest BCUT2D eigenvalue weighted by Crippen LogP contribution is -2.13. The smallest absolute Gasteiger partial charge is 0.261 e. The molecule has 4 aromatic rings. The van der Waals surface area contributed by atoms with Crippen LogP contribution in [-0.2, 0) is 10.0 Å². The second-order valence-electron chi connectivity index (χ2n) is 5.75. The second-order valence-corrected chi connectivity index (χ2v) is 7.79. The van der Waals surface area contributed by atoms with E-state index in [1.54, 1.807) is 30.5 Å². The van der Waals surface area contributed by atoms with Gasteiger partial charge >= 0.3 is 0 Å². The summed E-state index contributed by atoms with van der Waals surface area (Å²) >= 11 is 6.11. The van der Waals surface area contributed by atoms with E-state index in [4.69, 9.17) is 11.6 Å². The monoisotopic (exact) mass is 419 g/mol. The van der Waals surface area contributed by atoms with E-state index in [-0.39, 0.29) is 28.1 Å². The molecule has 2 aromatic heterocycles. The summed E-state index contributed by atoms with van der Waals surface area (Å²) in [5, 5.41) is 1.15. The van der Waals surface area contributed by atoms with Gasteiger partial charge in [0.05, 0.1) is 10.6 Å². The van der Waals surface area contributed by atoms with Gasteiger partial charge < -0.3 is 4.98 Å². The molecule has 2 aromatic carbocycles. The SMILES string of the molecule is Cl.O=S(=O)(Nc1cc(-c2cc3ccccc3[nH]2)cnc1Cl)c1ccccc1. The number of rotatable bonds is 4. The molecule has 0 spiro atoms. The Hall–Kier alpha value is -2.54. The van der Waals surface area contributed by atoms with Crippen molar-refractivity contribution in [3.8, 4) is 11.3 Å². The molecule has 4 rings (SSSR count). The molecule has 0 amide bonds. The summed E-state index contributed by atoms with van der Waals surface area (Å²) in [4.78, 5) is 7.57. The highest BCUT2D eigenvalue weighted by Crippen LogP contribution is 2.30. The molecular weight excluding hydrogens is 405 g/mol. The molecule has 0 unspecified atom stereocenters. The largest absolute Gasteiger partial charge is 0.354 e. The van der Waals surface area contributed by atoms with E-state index < -0.39 is 10.0 Å². The van der Waals surface area contributed by atoms with E-state index in [1.165, 1.54) is 12.1 Å². The number of halogens is 2. The molecule has 0 aliphatic heterocycles. The van der Waals surface area contributed by atoms with E-state index in [0.717, 1.165) is 22.2 Å². The number of H-pyrrole nitrogens is 1. The van der Waals surface area contributed by atoms with Crippen LogP contribution < -0.4 is 4.72 Å². The minimum Gasteiger partial charge on any atom is -0.354 e. The Kier molecular flexibility index (Phi) is 5.41. The van der Waals surface area contributed by atoms with E-state index >= 15 is 0 Å². The normalized spacial score (nSPS) is 11.1. The number of pyridine rings is 1. The number of nitrogens with zero attached hydrogens (tertiary/aromatic N) is 1. The third kappa shape index (κ3) is 3.93. The van der Waals surface area contributed by atoms with E-state index in [1.807, 2.05) is 30.3 Å². The van der Waals surface area contributed by atoms with Gasteiger partial charge in [-0.25, -0.2) is 13.4 Å². The average Bonchev–Trinajstić information content (AvgIpc) is 3.08. The molecule has 5 nitrogen and oxygen atoms in total. The second kappa shape index (κ2) is 7.60. The number of aromatic amines is 1.